The molecule has 1 aliphatic rings. The molecule has 0 saturated carbocycles. The van der Waals surface area contributed by atoms with E-state index < -0.39 is 23.1 Å². The van der Waals surface area contributed by atoms with Crippen molar-refractivity contribution in [1.29, 1.82) is 0 Å². The lowest BCUT2D eigenvalue weighted by atomic mass is 10.2. The molecule has 0 radical (unpaired) electrons. The fourth-order valence-corrected chi connectivity index (χ4v) is 3.18. The van der Waals surface area contributed by atoms with E-state index >= 15 is 0 Å². The number of carbonyl (C=O) groups excluding carboxylic acids is 2. The second kappa shape index (κ2) is 10.5. The summed E-state index contributed by atoms with van der Waals surface area (Å²) in [5, 5.41) is 8.32. The Balaban J connectivity index is 0.00000288. The van der Waals surface area contributed by atoms with Gasteiger partial charge in [0.25, 0.3) is 5.91 Å². The van der Waals surface area contributed by atoms with Gasteiger partial charge in [-0.25, -0.2) is 8.78 Å². The van der Waals surface area contributed by atoms with Crippen LogP contribution in [-0.2, 0) is 4.79 Å². The van der Waals surface area contributed by atoms with E-state index in [2.05, 4.69) is 16.0 Å². The molecule has 1 aliphatic heterocycles. The summed E-state index contributed by atoms with van der Waals surface area (Å²) in [5.74, 6) is -0.815. The Bertz CT molecular complexity index is 551. The summed E-state index contributed by atoms with van der Waals surface area (Å²) in [6.45, 7) is 1.21. The summed E-state index contributed by atoms with van der Waals surface area (Å²) in [5.41, 5.74) is -0.609. The highest BCUT2D eigenvalue weighted by Gasteiger charge is 2.18. The summed E-state index contributed by atoms with van der Waals surface area (Å²) < 4.78 is 26.8. The van der Waals surface area contributed by atoms with Crippen molar-refractivity contribution in [3.8, 4) is 0 Å². The van der Waals surface area contributed by atoms with E-state index in [4.69, 9.17) is 0 Å². The van der Waals surface area contributed by atoms with E-state index in [0.29, 0.717) is 6.42 Å². The standard InChI is InChI=1S/C15H19F2N3O2S.ClH/c16-11-2-1-3-12(17)14(11)15(22)20-5-4-19-13(21)8-10-9-23-7-6-18-10;/h1-3,10,18H,4-9H2,(H,19,21)(H,20,22);1H. The van der Waals surface area contributed by atoms with Crippen molar-refractivity contribution < 1.29 is 18.4 Å². The molecule has 134 valence electrons. The van der Waals surface area contributed by atoms with Crippen molar-refractivity contribution in [2.45, 2.75) is 12.5 Å². The van der Waals surface area contributed by atoms with Crippen molar-refractivity contribution in [1.82, 2.24) is 16.0 Å². The van der Waals surface area contributed by atoms with Gasteiger partial charge in [-0.2, -0.15) is 11.8 Å². The van der Waals surface area contributed by atoms with Crippen LogP contribution in [0.3, 0.4) is 0 Å². The molecule has 2 rings (SSSR count). The summed E-state index contributed by atoms with van der Waals surface area (Å²) in [6, 6.07) is 3.40. The first-order chi connectivity index (χ1) is 11.1. The second-order valence-corrected chi connectivity index (χ2v) is 6.28. The average molecular weight is 380 g/mol. The largest absolute Gasteiger partial charge is 0.354 e. The molecule has 1 saturated heterocycles. The lowest BCUT2D eigenvalue weighted by Gasteiger charge is -2.22. The van der Waals surface area contributed by atoms with E-state index in [1.807, 2.05) is 11.8 Å². The summed E-state index contributed by atoms with van der Waals surface area (Å²) >= 11 is 1.81. The smallest absolute Gasteiger partial charge is 0.257 e. The molecule has 0 bridgehead atoms. The van der Waals surface area contributed by atoms with Gasteiger partial charge in [-0.3, -0.25) is 9.59 Å². The maximum atomic E-state index is 13.4. The Morgan fingerprint density at radius 2 is 1.88 bits per heavy atom. The van der Waals surface area contributed by atoms with Gasteiger partial charge in [0.15, 0.2) is 0 Å². The molecule has 1 aromatic rings. The van der Waals surface area contributed by atoms with Crippen molar-refractivity contribution >= 4 is 36.0 Å². The van der Waals surface area contributed by atoms with E-state index in [-0.39, 0.29) is 37.4 Å². The number of amides is 2. The van der Waals surface area contributed by atoms with Crippen molar-refractivity contribution in [3.63, 3.8) is 0 Å². The maximum absolute atomic E-state index is 13.4. The summed E-state index contributed by atoms with van der Waals surface area (Å²) in [7, 11) is 0. The Labute approximate surface area is 149 Å². The molecule has 1 unspecified atom stereocenters. The highest BCUT2D eigenvalue weighted by atomic mass is 35.5. The Morgan fingerprint density at radius 3 is 2.50 bits per heavy atom. The van der Waals surface area contributed by atoms with Gasteiger partial charge in [0.1, 0.15) is 17.2 Å². The quantitative estimate of drug-likeness (QED) is 0.652. The molecule has 5 nitrogen and oxygen atoms in total. The molecule has 0 aliphatic carbocycles. The Hall–Kier alpha value is -1.38. The van der Waals surface area contributed by atoms with Crippen LogP contribution in [-0.4, -0.2) is 49.0 Å². The van der Waals surface area contributed by atoms with E-state index in [1.54, 1.807) is 0 Å². The number of hydrogen-bond acceptors (Lipinski definition) is 4. The van der Waals surface area contributed by atoms with Gasteiger partial charge in [0, 0.05) is 43.6 Å². The number of nitrogens with one attached hydrogen (secondary N) is 3. The summed E-state index contributed by atoms with van der Waals surface area (Å²) in [4.78, 5) is 23.5. The molecular formula is C15H20ClF2N3O2S. The molecule has 0 spiro atoms. The van der Waals surface area contributed by atoms with Gasteiger partial charge in [0.05, 0.1) is 0 Å². The van der Waals surface area contributed by atoms with Crippen LogP contribution in [0.15, 0.2) is 18.2 Å². The van der Waals surface area contributed by atoms with Gasteiger partial charge >= 0.3 is 0 Å². The maximum Gasteiger partial charge on any atom is 0.257 e. The third-order valence-electron chi connectivity index (χ3n) is 3.35. The molecule has 2 amide bonds. The van der Waals surface area contributed by atoms with E-state index in [1.165, 1.54) is 6.07 Å². The Kier molecular flexibility index (Phi) is 9.02. The molecule has 1 atom stereocenters. The minimum atomic E-state index is -0.910. The zero-order chi connectivity index (χ0) is 16.7. The highest BCUT2D eigenvalue weighted by Crippen LogP contribution is 2.11. The SMILES string of the molecule is Cl.O=C(CC1CSCCN1)NCCNC(=O)c1c(F)cccc1F. The Morgan fingerprint density at radius 1 is 1.21 bits per heavy atom. The van der Waals surface area contributed by atoms with Crippen molar-refractivity contribution in [2.24, 2.45) is 0 Å². The molecule has 3 N–H and O–H groups in total. The zero-order valence-corrected chi connectivity index (χ0v) is 14.6. The van der Waals surface area contributed by atoms with Crippen LogP contribution >= 0.6 is 24.2 Å². The van der Waals surface area contributed by atoms with Crippen LogP contribution in [0.5, 0.6) is 0 Å². The molecule has 1 heterocycles. The van der Waals surface area contributed by atoms with Crippen molar-refractivity contribution in [3.05, 3.63) is 35.4 Å². The second-order valence-electron chi connectivity index (χ2n) is 5.13. The lowest BCUT2D eigenvalue weighted by molar-refractivity contribution is -0.121. The van der Waals surface area contributed by atoms with E-state index in [9.17, 15) is 18.4 Å². The average Bonchev–Trinajstić information content (AvgIpc) is 2.52. The lowest BCUT2D eigenvalue weighted by Crippen LogP contribution is -2.42. The fraction of sp³-hybridized carbons (Fsp3) is 0.467. The van der Waals surface area contributed by atoms with Gasteiger partial charge in [-0.05, 0) is 12.1 Å². The summed E-state index contributed by atoms with van der Waals surface area (Å²) in [6.07, 6.45) is 0.378. The zero-order valence-electron chi connectivity index (χ0n) is 12.9. The van der Waals surface area contributed by atoms with Gasteiger partial charge in [-0.1, -0.05) is 6.07 Å². The number of halogens is 3. The minimum Gasteiger partial charge on any atom is -0.354 e. The molecular weight excluding hydrogens is 360 g/mol. The van der Waals surface area contributed by atoms with Crippen LogP contribution in [0.25, 0.3) is 0 Å². The van der Waals surface area contributed by atoms with Crippen molar-refractivity contribution in [2.75, 3.05) is 31.1 Å². The van der Waals surface area contributed by atoms with Crippen LogP contribution in [0.2, 0.25) is 0 Å². The topological polar surface area (TPSA) is 70.2 Å². The number of carbonyl (C=O) groups is 2. The minimum absolute atomic E-state index is 0. The molecule has 0 aromatic heterocycles. The molecule has 1 aromatic carbocycles. The molecule has 24 heavy (non-hydrogen) atoms. The monoisotopic (exact) mass is 379 g/mol. The third-order valence-corrected chi connectivity index (χ3v) is 4.48. The fourth-order valence-electron chi connectivity index (χ4n) is 2.23. The number of thioether (sulfide) groups is 1. The highest BCUT2D eigenvalue weighted by molar-refractivity contribution is 7.99. The first-order valence-corrected chi connectivity index (χ1v) is 8.53. The number of rotatable bonds is 6. The molecule has 1 fully saturated rings. The third kappa shape index (κ3) is 6.26. The van der Waals surface area contributed by atoms with E-state index in [0.717, 1.165) is 30.2 Å². The van der Waals surface area contributed by atoms with Gasteiger partial charge in [0.2, 0.25) is 5.91 Å². The van der Waals surface area contributed by atoms with Crippen LogP contribution < -0.4 is 16.0 Å². The number of benzene rings is 1. The van der Waals surface area contributed by atoms with Gasteiger partial charge < -0.3 is 16.0 Å². The number of hydrogen-bond donors (Lipinski definition) is 3. The molecule has 9 heteroatoms. The van der Waals surface area contributed by atoms with Crippen LogP contribution in [0.4, 0.5) is 8.78 Å². The first kappa shape index (κ1) is 20.7. The first-order valence-electron chi connectivity index (χ1n) is 7.38. The van der Waals surface area contributed by atoms with Crippen LogP contribution in [0, 0.1) is 11.6 Å². The van der Waals surface area contributed by atoms with Crippen LogP contribution in [0.1, 0.15) is 16.8 Å². The normalized spacial score (nSPS) is 16.8. The predicted molar refractivity (Wildman–Crippen MR) is 92.7 cm³/mol. The van der Waals surface area contributed by atoms with Gasteiger partial charge in [-0.15, -0.1) is 12.4 Å². The predicted octanol–water partition coefficient (Wildman–Crippen LogP) is 1.33.